The molecule has 0 spiro atoms. The van der Waals surface area contributed by atoms with E-state index in [1.54, 1.807) is 6.07 Å². The third-order valence-electron chi connectivity index (χ3n) is 1.56. The summed E-state index contributed by atoms with van der Waals surface area (Å²) in [6.07, 6.45) is 2.32. The molecule has 0 aliphatic rings. The van der Waals surface area contributed by atoms with Crippen LogP contribution in [-0.4, -0.2) is 5.91 Å². The Bertz CT molecular complexity index is 432. The number of rotatable bonds is 2. The highest BCUT2D eigenvalue weighted by Crippen LogP contribution is 2.11. The van der Waals surface area contributed by atoms with Gasteiger partial charge in [-0.15, -0.1) is 0 Å². The number of carbonyl (C=O) groups is 1. The minimum Gasteiger partial charge on any atom is -0.366 e. The predicted octanol–water partition coefficient (Wildman–Crippen LogP) is 1.20. The van der Waals surface area contributed by atoms with Crippen LogP contribution in [0.3, 0.4) is 0 Å². The summed E-state index contributed by atoms with van der Waals surface area (Å²) < 4.78 is 13.1. The van der Waals surface area contributed by atoms with E-state index in [0.717, 1.165) is 12.1 Å². The molecule has 0 unspecified atom stereocenters. The van der Waals surface area contributed by atoms with Crippen LogP contribution in [0.4, 0.5) is 4.39 Å². The van der Waals surface area contributed by atoms with Gasteiger partial charge in [-0.2, -0.15) is 5.26 Å². The Morgan fingerprint density at radius 2 is 2.29 bits per heavy atom. The van der Waals surface area contributed by atoms with Gasteiger partial charge in [0.1, 0.15) is 5.82 Å². The van der Waals surface area contributed by atoms with Crippen molar-refractivity contribution in [2.75, 3.05) is 0 Å². The molecule has 14 heavy (non-hydrogen) atoms. The van der Waals surface area contributed by atoms with E-state index >= 15 is 0 Å². The average molecular weight is 190 g/mol. The van der Waals surface area contributed by atoms with E-state index in [1.807, 2.05) is 0 Å². The molecular weight excluding hydrogens is 183 g/mol. The normalized spacial score (nSPS) is 10.0. The molecule has 1 aromatic rings. The molecular formula is C10H7FN2O. The van der Waals surface area contributed by atoms with Crippen LogP contribution in [0, 0.1) is 17.1 Å². The van der Waals surface area contributed by atoms with Gasteiger partial charge >= 0.3 is 0 Å². The Kier molecular flexibility index (Phi) is 2.97. The van der Waals surface area contributed by atoms with Crippen molar-refractivity contribution in [1.82, 2.24) is 0 Å². The lowest BCUT2D eigenvalue weighted by atomic mass is 10.1. The smallest absolute Gasteiger partial charge is 0.241 e. The number of amides is 1. The van der Waals surface area contributed by atoms with Gasteiger partial charge in [0.15, 0.2) is 0 Å². The zero-order valence-corrected chi connectivity index (χ0v) is 7.20. The van der Waals surface area contributed by atoms with Crippen LogP contribution in [0.1, 0.15) is 11.1 Å². The van der Waals surface area contributed by atoms with Crippen molar-refractivity contribution in [3.8, 4) is 6.07 Å². The summed E-state index contributed by atoms with van der Waals surface area (Å²) in [4.78, 5) is 10.4. The van der Waals surface area contributed by atoms with Crippen LogP contribution >= 0.6 is 0 Å². The first-order valence-corrected chi connectivity index (χ1v) is 3.80. The maximum atomic E-state index is 13.1. The zero-order chi connectivity index (χ0) is 10.6. The van der Waals surface area contributed by atoms with Gasteiger partial charge in [-0.1, -0.05) is 6.07 Å². The summed E-state index contributed by atoms with van der Waals surface area (Å²) in [5.41, 5.74) is 5.31. The fraction of sp³-hybridized carbons (Fsp3) is 0. The molecule has 0 saturated carbocycles. The molecule has 0 aliphatic heterocycles. The van der Waals surface area contributed by atoms with Crippen molar-refractivity contribution in [2.24, 2.45) is 5.73 Å². The minimum absolute atomic E-state index is 0.225. The molecule has 0 atom stereocenters. The first kappa shape index (κ1) is 9.93. The van der Waals surface area contributed by atoms with Gasteiger partial charge in [0.25, 0.3) is 0 Å². The molecule has 1 aromatic carbocycles. The summed E-state index contributed by atoms with van der Waals surface area (Å²) in [6.45, 7) is 0. The molecule has 0 bridgehead atoms. The number of nitrogens with zero attached hydrogens (tertiary/aromatic N) is 1. The lowest BCUT2D eigenvalue weighted by molar-refractivity contribution is -0.113. The molecule has 3 nitrogen and oxygen atoms in total. The second-order valence-electron chi connectivity index (χ2n) is 2.58. The average Bonchev–Trinajstić information content (AvgIpc) is 2.15. The topological polar surface area (TPSA) is 66.9 Å². The molecule has 0 radical (unpaired) electrons. The van der Waals surface area contributed by atoms with Crippen LogP contribution in [-0.2, 0) is 4.79 Å². The molecule has 0 aromatic heterocycles. The molecule has 0 saturated heterocycles. The minimum atomic E-state index is -0.645. The van der Waals surface area contributed by atoms with Crippen molar-refractivity contribution < 1.29 is 9.18 Å². The van der Waals surface area contributed by atoms with Crippen LogP contribution in [0.5, 0.6) is 0 Å². The van der Waals surface area contributed by atoms with Crippen molar-refractivity contribution in [2.45, 2.75) is 0 Å². The summed E-state index contributed by atoms with van der Waals surface area (Å²) in [6, 6.07) is 5.77. The highest BCUT2D eigenvalue weighted by atomic mass is 19.1. The zero-order valence-electron chi connectivity index (χ0n) is 7.20. The molecule has 4 heteroatoms. The van der Waals surface area contributed by atoms with E-state index in [2.05, 4.69) is 0 Å². The first-order chi connectivity index (χ1) is 6.63. The molecule has 0 fully saturated rings. The van der Waals surface area contributed by atoms with E-state index in [-0.39, 0.29) is 11.1 Å². The van der Waals surface area contributed by atoms with Gasteiger partial charge in [-0.25, -0.2) is 4.39 Å². The third-order valence-corrected chi connectivity index (χ3v) is 1.56. The fourth-order valence-corrected chi connectivity index (χ4v) is 0.904. The quantitative estimate of drug-likeness (QED) is 0.712. The number of carbonyl (C=O) groups excluding carboxylic acids is 1. The molecule has 1 amide bonds. The molecule has 1 rings (SSSR count). The van der Waals surface area contributed by atoms with E-state index in [9.17, 15) is 9.18 Å². The number of hydrogen-bond donors (Lipinski definition) is 1. The van der Waals surface area contributed by atoms with E-state index < -0.39 is 11.7 Å². The maximum absolute atomic E-state index is 13.1. The van der Waals surface area contributed by atoms with Gasteiger partial charge < -0.3 is 5.73 Å². The van der Waals surface area contributed by atoms with E-state index in [0.29, 0.717) is 0 Å². The number of hydrogen-bond acceptors (Lipinski definition) is 2. The van der Waals surface area contributed by atoms with Crippen LogP contribution in [0.2, 0.25) is 0 Å². The molecule has 70 valence electrons. The Hall–Kier alpha value is -2.15. The molecule has 0 heterocycles. The largest absolute Gasteiger partial charge is 0.366 e. The predicted molar refractivity (Wildman–Crippen MR) is 49.3 cm³/mol. The monoisotopic (exact) mass is 190 g/mol. The maximum Gasteiger partial charge on any atom is 0.241 e. The van der Waals surface area contributed by atoms with Crippen molar-refractivity contribution >= 4 is 12.0 Å². The van der Waals surface area contributed by atoms with Gasteiger partial charge in [0.05, 0.1) is 11.6 Å². The number of halogens is 1. The lowest BCUT2D eigenvalue weighted by Gasteiger charge is -1.95. The second-order valence-corrected chi connectivity index (χ2v) is 2.58. The second kappa shape index (κ2) is 4.19. The van der Waals surface area contributed by atoms with Crippen molar-refractivity contribution in [1.29, 1.82) is 5.26 Å². The van der Waals surface area contributed by atoms with Gasteiger partial charge in [-0.3, -0.25) is 4.79 Å². The van der Waals surface area contributed by atoms with E-state index in [1.165, 1.54) is 18.2 Å². The van der Waals surface area contributed by atoms with Crippen LogP contribution < -0.4 is 5.73 Å². The fourth-order valence-electron chi connectivity index (χ4n) is 0.904. The molecule has 2 N–H and O–H groups in total. The number of benzene rings is 1. The standard InChI is InChI=1S/C10H7FN2O/c11-9-5-7(6-12)1-2-8(9)3-4-10(13)14/h1-5H,(H2,13,14)/b4-3-. The highest BCUT2D eigenvalue weighted by molar-refractivity contribution is 5.90. The Labute approximate surface area is 80.3 Å². The van der Waals surface area contributed by atoms with E-state index in [4.69, 9.17) is 11.0 Å². The van der Waals surface area contributed by atoms with Crippen LogP contribution in [0.25, 0.3) is 6.08 Å². The Morgan fingerprint density at radius 1 is 1.57 bits per heavy atom. The van der Waals surface area contributed by atoms with Gasteiger partial charge in [-0.05, 0) is 18.2 Å². The summed E-state index contributed by atoms with van der Waals surface area (Å²) >= 11 is 0. The summed E-state index contributed by atoms with van der Waals surface area (Å²) in [7, 11) is 0. The van der Waals surface area contributed by atoms with Gasteiger partial charge in [0, 0.05) is 11.6 Å². The number of primary amides is 1. The summed E-state index contributed by atoms with van der Waals surface area (Å²) in [5, 5.41) is 8.46. The molecule has 0 aliphatic carbocycles. The number of nitrogens with two attached hydrogens (primary N) is 1. The van der Waals surface area contributed by atoms with Crippen molar-refractivity contribution in [3.63, 3.8) is 0 Å². The summed E-state index contributed by atoms with van der Waals surface area (Å²) in [5.74, 6) is -1.20. The SMILES string of the molecule is N#Cc1ccc(/C=C\C(N)=O)c(F)c1. The Morgan fingerprint density at radius 3 is 2.79 bits per heavy atom. The Balaban J connectivity index is 3.02. The lowest BCUT2D eigenvalue weighted by Crippen LogP contribution is -2.05. The highest BCUT2D eigenvalue weighted by Gasteiger charge is 2.00. The van der Waals surface area contributed by atoms with Crippen molar-refractivity contribution in [3.05, 3.63) is 41.2 Å². The first-order valence-electron chi connectivity index (χ1n) is 3.80. The van der Waals surface area contributed by atoms with Crippen LogP contribution in [0.15, 0.2) is 24.3 Å². The third kappa shape index (κ3) is 2.42. The number of nitriles is 1. The van der Waals surface area contributed by atoms with Gasteiger partial charge in [0.2, 0.25) is 5.91 Å².